The molecule has 0 aliphatic heterocycles. The number of imidazole rings is 1. The standard InChI is InChI=1S/C23H26N6O2/c1-16-8-2-3-10-18(16)25-21(30)15-27-19-11-4-5-12-20(19)29-22(27)26-28(23(29)31)14-17-9-6-7-13-24-17/h4-7,9,11-13,16,18H,2-3,8,10,14-15H2,1H3,(H,25,30)/t16-,18-/m0/s1. The highest BCUT2D eigenvalue weighted by atomic mass is 16.2. The summed E-state index contributed by atoms with van der Waals surface area (Å²) in [7, 11) is 0. The van der Waals surface area contributed by atoms with Gasteiger partial charge in [-0.25, -0.2) is 13.9 Å². The van der Waals surface area contributed by atoms with Gasteiger partial charge in [-0.15, -0.1) is 5.10 Å². The Morgan fingerprint density at radius 2 is 1.87 bits per heavy atom. The molecule has 0 bridgehead atoms. The lowest BCUT2D eigenvalue weighted by Gasteiger charge is -2.29. The van der Waals surface area contributed by atoms with Gasteiger partial charge in [0.05, 0.1) is 23.3 Å². The van der Waals surface area contributed by atoms with Crippen LogP contribution in [0.4, 0.5) is 0 Å². The fourth-order valence-corrected chi connectivity index (χ4v) is 4.60. The Morgan fingerprint density at radius 1 is 1.10 bits per heavy atom. The minimum absolute atomic E-state index is 0.0475. The average Bonchev–Trinajstić information content (AvgIpc) is 3.25. The summed E-state index contributed by atoms with van der Waals surface area (Å²) < 4.78 is 4.81. The second-order valence-corrected chi connectivity index (χ2v) is 8.41. The van der Waals surface area contributed by atoms with Gasteiger partial charge in [-0.1, -0.05) is 38.0 Å². The molecule has 1 fully saturated rings. The van der Waals surface area contributed by atoms with Crippen molar-refractivity contribution in [2.45, 2.75) is 51.7 Å². The third-order valence-electron chi connectivity index (χ3n) is 6.27. The number of rotatable bonds is 5. The van der Waals surface area contributed by atoms with Crippen LogP contribution in [0.5, 0.6) is 0 Å². The van der Waals surface area contributed by atoms with Crippen molar-refractivity contribution >= 4 is 22.7 Å². The predicted molar refractivity (Wildman–Crippen MR) is 118 cm³/mol. The number of benzene rings is 1. The first-order valence-corrected chi connectivity index (χ1v) is 10.9. The van der Waals surface area contributed by atoms with Gasteiger partial charge in [0, 0.05) is 12.2 Å². The highest BCUT2D eigenvalue weighted by molar-refractivity contribution is 5.84. The number of nitrogens with zero attached hydrogens (tertiary/aromatic N) is 5. The number of fused-ring (bicyclic) bond motifs is 3. The van der Waals surface area contributed by atoms with Crippen molar-refractivity contribution in [3.63, 3.8) is 0 Å². The number of hydrogen-bond donors (Lipinski definition) is 1. The zero-order chi connectivity index (χ0) is 21.4. The van der Waals surface area contributed by atoms with Crippen molar-refractivity contribution in [1.82, 2.24) is 29.0 Å². The van der Waals surface area contributed by atoms with E-state index in [9.17, 15) is 9.59 Å². The Labute approximate surface area is 179 Å². The van der Waals surface area contributed by atoms with E-state index in [1.54, 1.807) is 10.6 Å². The number of carbonyl (C=O) groups is 1. The molecule has 0 spiro atoms. The van der Waals surface area contributed by atoms with Crippen molar-refractivity contribution in [3.05, 3.63) is 64.8 Å². The zero-order valence-electron chi connectivity index (χ0n) is 17.6. The van der Waals surface area contributed by atoms with Crippen molar-refractivity contribution in [1.29, 1.82) is 0 Å². The van der Waals surface area contributed by atoms with Crippen molar-refractivity contribution in [3.8, 4) is 0 Å². The molecule has 8 heteroatoms. The monoisotopic (exact) mass is 418 g/mol. The number of amides is 1. The highest BCUT2D eigenvalue weighted by Crippen LogP contribution is 2.24. The van der Waals surface area contributed by atoms with Gasteiger partial charge >= 0.3 is 5.69 Å². The molecule has 0 unspecified atom stereocenters. The van der Waals surface area contributed by atoms with E-state index in [0.29, 0.717) is 11.7 Å². The zero-order valence-corrected chi connectivity index (χ0v) is 17.6. The minimum atomic E-state index is -0.239. The minimum Gasteiger partial charge on any atom is -0.352 e. The molecule has 1 N–H and O–H groups in total. The molecule has 4 aromatic rings. The molecule has 0 saturated heterocycles. The average molecular weight is 419 g/mol. The number of nitrogens with one attached hydrogen (secondary N) is 1. The van der Waals surface area contributed by atoms with Gasteiger partial charge in [0.1, 0.15) is 6.54 Å². The van der Waals surface area contributed by atoms with E-state index in [-0.39, 0.29) is 30.7 Å². The molecule has 1 aromatic carbocycles. The molecular weight excluding hydrogens is 392 g/mol. The summed E-state index contributed by atoms with van der Waals surface area (Å²) in [5.74, 6) is 0.905. The van der Waals surface area contributed by atoms with E-state index < -0.39 is 0 Å². The number of para-hydroxylation sites is 2. The van der Waals surface area contributed by atoms with Gasteiger partial charge in [0.15, 0.2) is 0 Å². The van der Waals surface area contributed by atoms with E-state index >= 15 is 0 Å². The Kier molecular flexibility index (Phi) is 5.05. The third-order valence-corrected chi connectivity index (χ3v) is 6.27. The SMILES string of the molecule is C[C@H]1CCCC[C@@H]1NC(=O)Cn1c2ccccc2n2c(=O)n(Cc3ccccn3)nc12. The van der Waals surface area contributed by atoms with Gasteiger partial charge in [0.25, 0.3) is 0 Å². The van der Waals surface area contributed by atoms with Crippen molar-refractivity contribution in [2.24, 2.45) is 5.92 Å². The van der Waals surface area contributed by atoms with Crippen molar-refractivity contribution in [2.75, 3.05) is 0 Å². The maximum Gasteiger partial charge on any atom is 0.352 e. The molecule has 3 heterocycles. The summed E-state index contributed by atoms with van der Waals surface area (Å²) >= 11 is 0. The first-order valence-electron chi connectivity index (χ1n) is 10.9. The van der Waals surface area contributed by atoms with Crippen LogP contribution in [0, 0.1) is 5.92 Å². The molecule has 5 rings (SSSR count). The maximum atomic E-state index is 13.1. The van der Waals surface area contributed by atoms with Crippen LogP contribution in [0.25, 0.3) is 16.8 Å². The van der Waals surface area contributed by atoms with E-state index in [4.69, 9.17) is 0 Å². The van der Waals surface area contributed by atoms with E-state index in [2.05, 4.69) is 22.3 Å². The molecule has 31 heavy (non-hydrogen) atoms. The van der Waals surface area contributed by atoms with Gasteiger partial charge in [-0.3, -0.25) is 14.3 Å². The molecule has 1 saturated carbocycles. The first kappa shape index (κ1) is 19.5. The Hall–Kier alpha value is -3.42. The normalized spacial score (nSPS) is 19.1. The highest BCUT2D eigenvalue weighted by Gasteiger charge is 2.24. The summed E-state index contributed by atoms with van der Waals surface area (Å²) in [5.41, 5.74) is 2.08. The lowest BCUT2D eigenvalue weighted by Crippen LogP contribution is -2.42. The van der Waals surface area contributed by atoms with Crippen LogP contribution in [-0.4, -0.2) is 35.7 Å². The lowest BCUT2D eigenvalue weighted by atomic mass is 9.86. The summed E-state index contributed by atoms with van der Waals surface area (Å²) in [4.78, 5) is 30.4. The fourth-order valence-electron chi connectivity index (χ4n) is 4.60. The Bertz CT molecular complexity index is 1290. The number of aromatic nitrogens is 5. The van der Waals surface area contributed by atoms with Gasteiger partial charge in [0.2, 0.25) is 11.7 Å². The molecule has 1 aliphatic rings. The molecular formula is C23H26N6O2. The smallest absolute Gasteiger partial charge is 0.352 e. The molecule has 2 atom stereocenters. The quantitative estimate of drug-likeness (QED) is 0.540. The van der Waals surface area contributed by atoms with Crippen LogP contribution in [0.2, 0.25) is 0 Å². The topological polar surface area (TPSA) is 86.2 Å². The number of carbonyl (C=O) groups excluding carboxylic acids is 1. The van der Waals surface area contributed by atoms with Crippen LogP contribution in [0.1, 0.15) is 38.3 Å². The predicted octanol–water partition coefficient (Wildman–Crippen LogP) is 2.59. The lowest BCUT2D eigenvalue weighted by molar-refractivity contribution is -0.122. The van der Waals surface area contributed by atoms with E-state index in [1.807, 2.05) is 47.0 Å². The van der Waals surface area contributed by atoms with Gasteiger partial charge in [-0.05, 0) is 43.0 Å². The van der Waals surface area contributed by atoms with E-state index in [1.165, 1.54) is 11.1 Å². The summed E-state index contributed by atoms with van der Waals surface area (Å²) in [6.07, 6.45) is 6.25. The van der Waals surface area contributed by atoms with Crippen LogP contribution >= 0.6 is 0 Å². The first-order chi connectivity index (χ1) is 15.1. The molecule has 160 valence electrons. The summed E-state index contributed by atoms with van der Waals surface area (Å²) in [6.45, 7) is 2.61. The summed E-state index contributed by atoms with van der Waals surface area (Å²) in [6, 6.07) is 13.4. The molecule has 3 aromatic heterocycles. The Morgan fingerprint density at radius 3 is 2.65 bits per heavy atom. The second kappa shape index (κ2) is 8.02. The maximum absolute atomic E-state index is 13.1. The molecule has 0 radical (unpaired) electrons. The largest absolute Gasteiger partial charge is 0.352 e. The van der Waals surface area contributed by atoms with Crippen LogP contribution in [0.3, 0.4) is 0 Å². The van der Waals surface area contributed by atoms with Gasteiger partial charge in [-0.2, -0.15) is 0 Å². The van der Waals surface area contributed by atoms with Gasteiger partial charge < -0.3 is 5.32 Å². The molecule has 1 amide bonds. The Balaban J connectivity index is 1.51. The number of pyridine rings is 1. The molecule has 1 aliphatic carbocycles. The molecule has 8 nitrogen and oxygen atoms in total. The fraction of sp³-hybridized carbons (Fsp3) is 0.391. The third kappa shape index (κ3) is 3.62. The van der Waals surface area contributed by atoms with Crippen LogP contribution < -0.4 is 11.0 Å². The van der Waals surface area contributed by atoms with Crippen molar-refractivity contribution < 1.29 is 4.79 Å². The second-order valence-electron chi connectivity index (χ2n) is 8.41. The number of hydrogen-bond acceptors (Lipinski definition) is 4. The van der Waals surface area contributed by atoms with E-state index in [0.717, 1.165) is 36.0 Å². The summed E-state index contributed by atoms with van der Waals surface area (Å²) in [5, 5.41) is 7.78. The van der Waals surface area contributed by atoms with Crippen LogP contribution in [0.15, 0.2) is 53.5 Å². The van der Waals surface area contributed by atoms with Crippen LogP contribution in [-0.2, 0) is 17.9 Å².